The molecule has 0 heterocycles. The number of hydrogen-bond donors (Lipinski definition) is 1. The maximum Gasteiger partial charge on any atom is 0.0800 e. The standard InChI is InChI=1S/C10H18O/c1-4-9(2)5-7-10(3,11)8-6-9/h5,7,11H,4,6,8H2,1-3H3. The van der Waals surface area contributed by atoms with Gasteiger partial charge < -0.3 is 5.11 Å². The monoisotopic (exact) mass is 154 g/mol. The second-order valence-electron chi connectivity index (χ2n) is 4.20. The summed E-state index contributed by atoms with van der Waals surface area (Å²) in [5.74, 6) is 0. The largest absolute Gasteiger partial charge is 0.386 e. The van der Waals surface area contributed by atoms with Gasteiger partial charge in [0.1, 0.15) is 0 Å². The third kappa shape index (κ3) is 2.06. The molecule has 0 bridgehead atoms. The normalized spacial score (nSPS) is 44.4. The van der Waals surface area contributed by atoms with Gasteiger partial charge in [0, 0.05) is 0 Å². The van der Waals surface area contributed by atoms with Crippen molar-refractivity contribution in [3.05, 3.63) is 12.2 Å². The van der Waals surface area contributed by atoms with Gasteiger partial charge in [-0.15, -0.1) is 0 Å². The predicted octanol–water partition coefficient (Wildman–Crippen LogP) is 2.50. The van der Waals surface area contributed by atoms with Crippen molar-refractivity contribution in [3.63, 3.8) is 0 Å². The van der Waals surface area contributed by atoms with E-state index in [9.17, 15) is 5.11 Å². The smallest absolute Gasteiger partial charge is 0.0800 e. The van der Waals surface area contributed by atoms with Crippen LogP contribution in [0.15, 0.2) is 12.2 Å². The maximum absolute atomic E-state index is 9.62. The molecular formula is C10H18O. The molecule has 0 aliphatic heterocycles. The number of aliphatic hydroxyl groups is 1. The lowest BCUT2D eigenvalue weighted by Gasteiger charge is -2.34. The molecule has 0 spiro atoms. The van der Waals surface area contributed by atoms with Crippen LogP contribution in [0.3, 0.4) is 0 Å². The van der Waals surface area contributed by atoms with Gasteiger partial charge in [0.2, 0.25) is 0 Å². The summed E-state index contributed by atoms with van der Waals surface area (Å²) in [6, 6.07) is 0. The van der Waals surface area contributed by atoms with Crippen molar-refractivity contribution in [2.75, 3.05) is 0 Å². The third-order valence-corrected chi connectivity index (χ3v) is 2.85. The lowest BCUT2D eigenvalue weighted by molar-refractivity contribution is 0.0760. The van der Waals surface area contributed by atoms with E-state index < -0.39 is 5.60 Å². The Morgan fingerprint density at radius 1 is 1.27 bits per heavy atom. The van der Waals surface area contributed by atoms with Crippen LogP contribution in [-0.2, 0) is 0 Å². The molecule has 0 amide bonds. The maximum atomic E-state index is 9.62. The van der Waals surface area contributed by atoms with Crippen LogP contribution >= 0.6 is 0 Å². The Balaban J connectivity index is 2.70. The number of allylic oxidation sites excluding steroid dienone is 1. The van der Waals surface area contributed by atoms with Gasteiger partial charge in [-0.2, -0.15) is 0 Å². The molecule has 0 aromatic heterocycles. The summed E-state index contributed by atoms with van der Waals surface area (Å²) >= 11 is 0. The van der Waals surface area contributed by atoms with Crippen LogP contribution in [0.2, 0.25) is 0 Å². The van der Waals surface area contributed by atoms with Crippen molar-refractivity contribution in [2.24, 2.45) is 5.41 Å². The molecule has 1 aliphatic carbocycles. The van der Waals surface area contributed by atoms with Crippen LogP contribution in [0.4, 0.5) is 0 Å². The fourth-order valence-electron chi connectivity index (χ4n) is 1.38. The average molecular weight is 154 g/mol. The molecule has 1 rings (SSSR count). The second kappa shape index (κ2) is 2.63. The fourth-order valence-corrected chi connectivity index (χ4v) is 1.38. The van der Waals surface area contributed by atoms with Crippen molar-refractivity contribution >= 4 is 0 Å². The van der Waals surface area contributed by atoms with E-state index in [2.05, 4.69) is 19.9 Å². The van der Waals surface area contributed by atoms with E-state index in [1.807, 2.05) is 13.0 Å². The first-order chi connectivity index (χ1) is 4.97. The van der Waals surface area contributed by atoms with Crippen LogP contribution < -0.4 is 0 Å². The van der Waals surface area contributed by atoms with Crippen LogP contribution in [-0.4, -0.2) is 10.7 Å². The second-order valence-corrected chi connectivity index (χ2v) is 4.20. The van der Waals surface area contributed by atoms with Gasteiger partial charge in [-0.1, -0.05) is 26.0 Å². The first-order valence-electron chi connectivity index (χ1n) is 4.40. The lowest BCUT2D eigenvalue weighted by Crippen LogP contribution is -2.29. The van der Waals surface area contributed by atoms with E-state index in [-0.39, 0.29) is 0 Å². The first kappa shape index (κ1) is 8.79. The highest BCUT2D eigenvalue weighted by Gasteiger charge is 2.29. The van der Waals surface area contributed by atoms with Crippen molar-refractivity contribution < 1.29 is 5.11 Å². The van der Waals surface area contributed by atoms with E-state index in [1.54, 1.807) is 0 Å². The van der Waals surface area contributed by atoms with E-state index in [0.717, 1.165) is 12.8 Å². The van der Waals surface area contributed by atoms with Gasteiger partial charge in [0.15, 0.2) is 0 Å². The predicted molar refractivity (Wildman–Crippen MR) is 47.4 cm³/mol. The summed E-state index contributed by atoms with van der Waals surface area (Å²) in [5, 5.41) is 9.62. The minimum absolute atomic E-state index is 0.336. The van der Waals surface area contributed by atoms with Crippen LogP contribution in [0.5, 0.6) is 0 Å². The quantitative estimate of drug-likeness (QED) is 0.575. The SMILES string of the molecule is CCC1(C)C=CC(C)(O)CC1. The molecule has 11 heavy (non-hydrogen) atoms. The zero-order valence-electron chi connectivity index (χ0n) is 7.72. The topological polar surface area (TPSA) is 20.2 Å². The van der Waals surface area contributed by atoms with Crippen LogP contribution in [0.1, 0.15) is 40.0 Å². The molecule has 0 aromatic carbocycles. The molecule has 0 radical (unpaired) electrons. The van der Waals surface area contributed by atoms with Crippen molar-refractivity contribution in [2.45, 2.75) is 45.6 Å². The van der Waals surface area contributed by atoms with E-state index >= 15 is 0 Å². The molecule has 2 unspecified atom stereocenters. The Labute approximate surface area is 69.1 Å². The summed E-state index contributed by atoms with van der Waals surface area (Å²) in [6.45, 7) is 6.32. The minimum atomic E-state index is -0.547. The van der Waals surface area contributed by atoms with Gasteiger partial charge in [-0.3, -0.25) is 0 Å². The Kier molecular flexibility index (Phi) is 2.10. The lowest BCUT2D eigenvalue weighted by atomic mass is 9.74. The molecule has 0 saturated carbocycles. The molecular weight excluding hydrogens is 136 g/mol. The molecule has 0 aromatic rings. The molecule has 0 fully saturated rings. The molecule has 1 N–H and O–H groups in total. The minimum Gasteiger partial charge on any atom is -0.386 e. The molecule has 1 nitrogen and oxygen atoms in total. The summed E-state index contributed by atoms with van der Waals surface area (Å²) < 4.78 is 0. The zero-order valence-corrected chi connectivity index (χ0v) is 7.72. The first-order valence-corrected chi connectivity index (χ1v) is 4.40. The van der Waals surface area contributed by atoms with E-state index in [1.165, 1.54) is 6.42 Å². The van der Waals surface area contributed by atoms with Gasteiger partial charge in [-0.05, 0) is 31.6 Å². The average Bonchev–Trinajstić information content (AvgIpc) is 1.97. The summed E-state index contributed by atoms with van der Waals surface area (Å²) in [4.78, 5) is 0. The molecule has 1 heteroatoms. The van der Waals surface area contributed by atoms with Gasteiger partial charge in [0.25, 0.3) is 0 Å². The summed E-state index contributed by atoms with van der Waals surface area (Å²) in [5.41, 5.74) is -0.211. The Morgan fingerprint density at radius 3 is 2.27 bits per heavy atom. The number of rotatable bonds is 1. The van der Waals surface area contributed by atoms with Crippen LogP contribution in [0, 0.1) is 5.41 Å². The Bertz CT molecular complexity index is 170. The zero-order chi connectivity index (χ0) is 8.54. The van der Waals surface area contributed by atoms with Gasteiger partial charge in [-0.25, -0.2) is 0 Å². The molecule has 1 aliphatic rings. The number of hydrogen-bond acceptors (Lipinski definition) is 1. The highest BCUT2D eigenvalue weighted by atomic mass is 16.3. The Morgan fingerprint density at radius 2 is 1.91 bits per heavy atom. The molecule has 2 atom stereocenters. The Hall–Kier alpha value is -0.300. The highest BCUT2D eigenvalue weighted by molar-refractivity contribution is 5.10. The summed E-state index contributed by atoms with van der Waals surface area (Å²) in [7, 11) is 0. The van der Waals surface area contributed by atoms with E-state index in [4.69, 9.17) is 0 Å². The third-order valence-electron chi connectivity index (χ3n) is 2.85. The van der Waals surface area contributed by atoms with Crippen molar-refractivity contribution in [1.82, 2.24) is 0 Å². The highest BCUT2D eigenvalue weighted by Crippen LogP contribution is 2.36. The van der Waals surface area contributed by atoms with Crippen molar-refractivity contribution in [3.8, 4) is 0 Å². The fraction of sp³-hybridized carbons (Fsp3) is 0.800. The van der Waals surface area contributed by atoms with Gasteiger partial charge in [0.05, 0.1) is 5.60 Å². The van der Waals surface area contributed by atoms with Gasteiger partial charge >= 0.3 is 0 Å². The van der Waals surface area contributed by atoms with E-state index in [0.29, 0.717) is 5.41 Å². The molecule has 64 valence electrons. The van der Waals surface area contributed by atoms with Crippen LogP contribution in [0.25, 0.3) is 0 Å². The van der Waals surface area contributed by atoms with Crippen molar-refractivity contribution in [1.29, 1.82) is 0 Å². The summed E-state index contributed by atoms with van der Waals surface area (Å²) in [6.07, 6.45) is 7.27. The molecule has 0 saturated heterocycles.